The van der Waals surface area contributed by atoms with Gasteiger partial charge in [0.25, 0.3) is 0 Å². The van der Waals surface area contributed by atoms with Crippen molar-refractivity contribution in [2.45, 2.75) is 6.42 Å². The Morgan fingerprint density at radius 2 is 1.90 bits per heavy atom. The molecule has 0 spiro atoms. The van der Waals surface area contributed by atoms with Gasteiger partial charge in [-0.15, -0.1) is 0 Å². The number of anilines is 2. The van der Waals surface area contributed by atoms with Gasteiger partial charge in [-0.05, 0) is 42.3 Å². The predicted octanol–water partition coefficient (Wildman–Crippen LogP) is 2.34. The number of rotatable bonds is 4. The highest BCUT2D eigenvalue weighted by Crippen LogP contribution is 2.11. The minimum Gasteiger partial charge on any atom is -0.508 e. The van der Waals surface area contributed by atoms with Crippen LogP contribution in [-0.2, 0) is 6.42 Å². The van der Waals surface area contributed by atoms with E-state index in [0.29, 0.717) is 24.3 Å². The fraction of sp³-hybridized carbons (Fsp3) is 0.133. The highest BCUT2D eigenvalue weighted by Gasteiger charge is 2.01. The Balaban J connectivity index is 1.76. The minimum atomic E-state index is -0.269. The van der Waals surface area contributed by atoms with Gasteiger partial charge >= 0.3 is 6.03 Å². The first-order chi connectivity index (χ1) is 9.63. The van der Waals surface area contributed by atoms with Gasteiger partial charge in [0.15, 0.2) is 0 Å². The number of hydrogen-bond acceptors (Lipinski definition) is 3. The van der Waals surface area contributed by atoms with E-state index in [4.69, 9.17) is 10.8 Å². The molecule has 0 aliphatic heterocycles. The number of urea groups is 1. The number of nitrogens with one attached hydrogen (secondary N) is 2. The smallest absolute Gasteiger partial charge is 0.319 e. The number of aromatic hydroxyl groups is 1. The first kappa shape index (κ1) is 13.7. The standard InChI is InChI=1S/C15H17N3O2/c16-12-2-1-3-13(10-12)18-15(20)17-9-8-11-4-6-14(19)7-5-11/h1-7,10,19H,8-9,16H2,(H2,17,18,20). The maximum absolute atomic E-state index is 11.7. The fourth-order valence-electron chi connectivity index (χ4n) is 1.77. The van der Waals surface area contributed by atoms with Crippen LogP contribution in [0.3, 0.4) is 0 Å². The summed E-state index contributed by atoms with van der Waals surface area (Å²) in [6.45, 7) is 0.513. The molecular weight excluding hydrogens is 254 g/mol. The van der Waals surface area contributed by atoms with Crippen molar-refractivity contribution in [2.24, 2.45) is 0 Å². The van der Waals surface area contributed by atoms with Crippen LogP contribution in [0.1, 0.15) is 5.56 Å². The van der Waals surface area contributed by atoms with E-state index in [1.807, 2.05) is 12.1 Å². The fourth-order valence-corrected chi connectivity index (χ4v) is 1.77. The van der Waals surface area contributed by atoms with Crippen LogP contribution in [0.25, 0.3) is 0 Å². The molecule has 0 unspecified atom stereocenters. The van der Waals surface area contributed by atoms with Crippen molar-refractivity contribution in [3.63, 3.8) is 0 Å². The van der Waals surface area contributed by atoms with Gasteiger partial charge in [0.2, 0.25) is 0 Å². The molecule has 2 aromatic rings. The van der Waals surface area contributed by atoms with Crippen molar-refractivity contribution < 1.29 is 9.90 Å². The summed E-state index contributed by atoms with van der Waals surface area (Å²) in [5, 5.41) is 14.6. The van der Waals surface area contributed by atoms with Crippen LogP contribution in [0.4, 0.5) is 16.2 Å². The van der Waals surface area contributed by atoms with E-state index in [1.54, 1.807) is 36.4 Å². The number of phenolic OH excluding ortho intramolecular Hbond substituents is 1. The average molecular weight is 271 g/mol. The molecule has 0 aliphatic carbocycles. The normalized spacial score (nSPS) is 10.0. The second-order valence-electron chi connectivity index (χ2n) is 4.42. The highest BCUT2D eigenvalue weighted by atomic mass is 16.3. The molecule has 5 heteroatoms. The van der Waals surface area contributed by atoms with Gasteiger partial charge in [0.1, 0.15) is 5.75 Å². The summed E-state index contributed by atoms with van der Waals surface area (Å²) in [5.74, 6) is 0.237. The molecule has 0 aliphatic rings. The van der Waals surface area contributed by atoms with E-state index >= 15 is 0 Å². The Morgan fingerprint density at radius 3 is 2.60 bits per heavy atom. The van der Waals surface area contributed by atoms with Crippen LogP contribution in [0, 0.1) is 0 Å². The van der Waals surface area contributed by atoms with Crippen molar-refractivity contribution >= 4 is 17.4 Å². The highest BCUT2D eigenvalue weighted by molar-refractivity contribution is 5.89. The Labute approximate surface area is 117 Å². The lowest BCUT2D eigenvalue weighted by Gasteiger charge is -2.08. The van der Waals surface area contributed by atoms with Crippen LogP contribution in [0.2, 0.25) is 0 Å². The zero-order valence-electron chi connectivity index (χ0n) is 11.0. The number of carbonyl (C=O) groups excluding carboxylic acids is 1. The Bertz CT molecular complexity index is 582. The maximum atomic E-state index is 11.7. The third-order valence-corrected chi connectivity index (χ3v) is 2.78. The molecule has 0 heterocycles. The van der Waals surface area contributed by atoms with E-state index in [1.165, 1.54) is 0 Å². The number of benzene rings is 2. The first-order valence-corrected chi connectivity index (χ1v) is 6.32. The van der Waals surface area contributed by atoms with E-state index < -0.39 is 0 Å². The van der Waals surface area contributed by atoms with Crippen molar-refractivity contribution in [3.05, 3.63) is 54.1 Å². The number of carbonyl (C=O) groups is 1. The van der Waals surface area contributed by atoms with Crippen molar-refractivity contribution in [2.75, 3.05) is 17.6 Å². The van der Waals surface area contributed by atoms with Crippen molar-refractivity contribution in [3.8, 4) is 5.75 Å². The number of phenols is 1. The third kappa shape index (κ3) is 4.20. The van der Waals surface area contributed by atoms with E-state index in [-0.39, 0.29) is 11.8 Å². The summed E-state index contributed by atoms with van der Waals surface area (Å²) < 4.78 is 0. The molecule has 2 amide bonds. The second-order valence-corrected chi connectivity index (χ2v) is 4.42. The summed E-state index contributed by atoms with van der Waals surface area (Å²) in [4.78, 5) is 11.7. The van der Waals surface area contributed by atoms with Crippen LogP contribution >= 0.6 is 0 Å². The summed E-state index contributed by atoms with van der Waals surface area (Å²) in [7, 11) is 0. The molecule has 20 heavy (non-hydrogen) atoms. The number of nitrogens with two attached hydrogens (primary N) is 1. The molecule has 104 valence electrons. The van der Waals surface area contributed by atoms with Crippen LogP contribution in [0.5, 0.6) is 5.75 Å². The quantitative estimate of drug-likeness (QED) is 0.644. The lowest BCUT2D eigenvalue weighted by atomic mass is 10.1. The van der Waals surface area contributed by atoms with Gasteiger partial charge < -0.3 is 21.5 Å². The summed E-state index contributed by atoms with van der Waals surface area (Å²) in [6, 6.07) is 13.6. The molecule has 2 aromatic carbocycles. The number of nitrogen functional groups attached to an aromatic ring is 1. The van der Waals surface area contributed by atoms with Gasteiger partial charge in [-0.2, -0.15) is 0 Å². The van der Waals surface area contributed by atoms with Crippen LogP contribution in [-0.4, -0.2) is 17.7 Å². The topological polar surface area (TPSA) is 87.4 Å². The number of hydrogen-bond donors (Lipinski definition) is 4. The lowest BCUT2D eigenvalue weighted by Crippen LogP contribution is -2.30. The molecule has 0 fully saturated rings. The summed E-state index contributed by atoms with van der Waals surface area (Å²) >= 11 is 0. The SMILES string of the molecule is Nc1cccc(NC(=O)NCCc2ccc(O)cc2)c1. The van der Waals surface area contributed by atoms with Gasteiger partial charge in [0, 0.05) is 17.9 Å². The van der Waals surface area contributed by atoms with Crippen molar-refractivity contribution in [1.29, 1.82) is 0 Å². The average Bonchev–Trinajstić information content (AvgIpc) is 2.41. The van der Waals surface area contributed by atoms with Gasteiger partial charge in [-0.25, -0.2) is 4.79 Å². The van der Waals surface area contributed by atoms with E-state index in [0.717, 1.165) is 5.56 Å². The first-order valence-electron chi connectivity index (χ1n) is 6.32. The monoisotopic (exact) mass is 271 g/mol. The minimum absolute atomic E-state index is 0.237. The van der Waals surface area contributed by atoms with E-state index in [2.05, 4.69) is 10.6 Å². The summed E-state index contributed by atoms with van der Waals surface area (Å²) in [5.41, 5.74) is 7.94. The van der Waals surface area contributed by atoms with Gasteiger partial charge in [0.05, 0.1) is 0 Å². The van der Waals surface area contributed by atoms with Crippen LogP contribution in [0.15, 0.2) is 48.5 Å². The molecule has 0 aromatic heterocycles. The summed E-state index contributed by atoms with van der Waals surface area (Å²) in [6.07, 6.45) is 0.699. The Hall–Kier alpha value is -2.69. The molecule has 0 atom stereocenters. The van der Waals surface area contributed by atoms with E-state index in [9.17, 15) is 4.79 Å². The molecule has 5 nitrogen and oxygen atoms in total. The molecule has 0 bridgehead atoms. The zero-order valence-corrected chi connectivity index (χ0v) is 11.0. The Kier molecular flexibility index (Phi) is 4.44. The van der Waals surface area contributed by atoms with Crippen molar-refractivity contribution in [1.82, 2.24) is 5.32 Å². The molecule has 0 saturated heterocycles. The maximum Gasteiger partial charge on any atom is 0.319 e. The zero-order chi connectivity index (χ0) is 14.4. The molecule has 0 saturated carbocycles. The molecular formula is C15H17N3O2. The largest absolute Gasteiger partial charge is 0.508 e. The number of amides is 2. The molecule has 0 radical (unpaired) electrons. The predicted molar refractivity (Wildman–Crippen MR) is 79.7 cm³/mol. The third-order valence-electron chi connectivity index (χ3n) is 2.78. The lowest BCUT2D eigenvalue weighted by molar-refractivity contribution is 0.252. The second kappa shape index (κ2) is 6.47. The van der Waals surface area contributed by atoms with Gasteiger partial charge in [-0.3, -0.25) is 0 Å². The Morgan fingerprint density at radius 1 is 1.15 bits per heavy atom. The molecule has 2 rings (SSSR count). The molecule has 5 N–H and O–H groups in total. The van der Waals surface area contributed by atoms with Crippen LogP contribution < -0.4 is 16.4 Å². The van der Waals surface area contributed by atoms with Gasteiger partial charge in [-0.1, -0.05) is 18.2 Å².